The Labute approximate surface area is 143 Å². The SMILES string of the molecule is COc1ccc(C)cc1NC(=S)NCc1ccc(C(F)(F)F)cc1. The second kappa shape index (κ2) is 7.53. The van der Waals surface area contributed by atoms with E-state index in [4.69, 9.17) is 17.0 Å². The lowest BCUT2D eigenvalue weighted by Gasteiger charge is -2.14. The highest BCUT2D eigenvalue weighted by molar-refractivity contribution is 7.80. The van der Waals surface area contributed by atoms with Gasteiger partial charge in [0.05, 0.1) is 18.4 Å². The van der Waals surface area contributed by atoms with Crippen LogP contribution in [0.25, 0.3) is 0 Å². The van der Waals surface area contributed by atoms with Crippen molar-refractivity contribution >= 4 is 23.0 Å². The van der Waals surface area contributed by atoms with Crippen molar-refractivity contribution in [1.82, 2.24) is 5.32 Å². The number of nitrogens with one attached hydrogen (secondary N) is 2. The minimum absolute atomic E-state index is 0.318. The second-order valence-electron chi connectivity index (χ2n) is 5.21. The topological polar surface area (TPSA) is 33.3 Å². The molecule has 0 heterocycles. The Kier molecular flexibility index (Phi) is 5.66. The average Bonchev–Trinajstić information content (AvgIpc) is 2.53. The maximum Gasteiger partial charge on any atom is 0.416 e. The standard InChI is InChI=1S/C17H17F3N2OS/c1-11-3-8-15(23-2)14(9-11)22-16(24)21-10-12-4-6-13(7-5-12)17(18,19)20/h3-9H,10H2,1-2H3,(H2,21,22,24). The highest BCUT2D eigenvalue weighted by Crippen LogP contribution is 2.29. The molecule has 0 spiro atoms. The molecule has 0 saturated heterocycles. The van der Waals surface area contributed by atoms with Crippen molar-refractivity contribution in [2.24, 2.45) is 0 Å². The molecule has 0 aliphatic heterocycles. The fourth-order valence-electron chi connectivity index (χ4n) is 2.08. The maximum atomic E-state index is 12.5. The zero-order valence-corrected chi connectivity index (χ0v) is 14.0. The minimum atomic E-state index is -4.33. The van der Waals surface area contributed by atoms with Gasteiger partial charge in [0.2, 0.25) is 0 Å². The largest absolute Gasteiger partial charge is 0.495 e. The lowest BCUT2D eigenvalue weighted by molar-refractivity contribution is -0.137. The minimum Gasteiger partial charge on any atom is -0.495 e. The number of benzene rings is 2. The Hall–Kier alpha value is -2.28. The van der Waals surface area contributed by atoms with E-state index in [1.54, 1.807) is 7.11 Å². The highest BCUT2D eigenvalue weighted by atomic mass is 32.1. The van der Waals surface area contributed by atoms with Crippen LogP contribution in [0, 0.1) is 6.92 Å². The van der Waals surface area contributed by atoms with Crippen LogP contribution in [-0.4, -0.2) is 12.2 Å². The van der Waals surface area contributed by atoms with Crippen molar-refractivity contribution in [2.45, 2.75) is 19.6 Å². The van der Waals surface area contributed by atoms with Crippen molar-refractivity contribution in [1.29, 1.82) is 0 Å². The van der Waals surface area contributed by atoms with Crippen molar-refractivity contribution in [2.75, 3.05) is 12.4 Å². The molecule has 0 fully saturated rings. The van der Waals surface area contributed by atoms with Crippen molar-refractivity contribution in [3.63, 3.8) is 0 Å². The van der Waals surface area contributed by atoms with Crippen LogP contribution in [0.2, 0.25) is 0 Å². The number of halogens is 3. The summed E-state index contributed by atoms with van der Waals surface area (Å²) in [5.41, 5.74) is 1.80. The summed E-state index contributed by atoms with van der Waals surface area (Å²) in [7, 11) is 1.56. The number of thiocarbonyl (C=S) groups is 1. The van der Waals surface area contributed by atoms with Gasteiger partial charge in [0, 0.05) is 6.54 Å². The third-order valence-electron chi connectivity index (χ3n) is 3.34. The monoisotopic (exact) mass is 354 g/mol. The van der Waals surface area contributed by atoms with Gasteiger partial charge in [-0.1, -0.05) is 18.2 Å². The van der Waals surface area contributed by atoms with E-state index in [-0.39, 0.29) is 0 Å². The van der Waals surface area contributed by atoms with Crippen molar-refractivity contribution in [3.05, 3.63) is 59.2 Å². The van der Waals surface area contributed by atoms with Gasteiger partial charge in [-0.05, 0) is 54.5 Å². The third-order valence-corrected chi connectivity index (χ3v) is 3.58. The summed E-state index contributed by atoms with van der Waals surface area (Å²) in [6.07, 6.45) is -4.33. The van der Waals surface area contributed by atoms with Crippen LogP contribution in [0.1, 0.15) is 16.7 Å². The van der Waals surface area contributed by atoms with Crippen molar-refractivity contribution in [3.8, 4) is 5.75 Å². The van der Waals surface area contributed by atoms with E-state index < -0.39 is 11.7 Å². The molecule has 0 aromatic heterocycles. The van der Waals surface area contributed by atoms with E-state index in [1.807, 2.05) is 25.1 Å². The molecule has 0 aliphatic rings. The summed E-state index contributed by atoms with van der Waals surface area (Å²) < 4.78 is 42.8. The van der Waals surface area contributed by atoms with Crippen LogP contribution in [0.15, 0.2) is 42.5 Å². The van der Waals surface area contributed by atoms with E-state index in [9.17, 15) is 13.2 Å². The molecule has 0 aliphatic carbocycles. The van der Waals surface area contributed by atoms with E-state index in [1.165, 1.54) is 12.1 Å². The first-order valence-electron chi connectivity index (χ1n) is 7.15. The predicted molar refractivity (Wildman–Crippen MR) is 92.2 cm³/mol. The predicted octanol–water partition coefficient (Wildman–Crippen LogP) is 4.51. The number of hydrogen-bond acceptors (Lipinski definition) is 2. The normalized spacial score (nSPS) is 11.0. The fourth-order valence-corrected chi connectivity index (χ4v) is 2.26. The zero-order valence-electron chi connectivity index (χ0n) is 13.2. The first-order valence-corrected chi connectivity index (χ1v) is 7.56. The molecule has 24 heavy (non-hydrogen) atoms. The fraction of sp³-hybridized carbons (Fsp3) is 0.235. The number of anilines is 1. The molecule has 2 N–H and O–H groups in total. The van der Waals surface area contributed by atoms with Crippen molar-refractivity contribution < 1.29 is 17.9 Å². The van der Waals surface area contributed by atoms with Gasteiger partial charge < -0.3 is 15.4 Å². The molecule has 7 heteroatoms. The quantitative estimate of drug-likeness (QED) is 0.792. The second-order valence-corrected chi connectivity index (χ2v) is 5.61. The number of alkyl halides is 3. The molecule has 0 atom stereocenters. The molecule has 0 bridgehead atoms. The summed E-state index contributed by atoms with van der Waals surface area (Å²) in [5, 5.41) is 6.34. The van der Waals surface area contributed by atoms with Gasteiger partial charge in [-0.3, -0.25) is 0 Å². The van der Waals surface area contributed by atoms with Gasteiger partial charge in [-0.2, -0.15) is 13.2 Å². The Balaban J connectivity index is 1.95. The lowest BCUT2D eigenvalue weighted by atomic mass is 10.1. The van der Waals surface area contributed by atoms with Crippen LogP contribution < -0.4 is 15.4 Å². The molecule has 0 unspecified atom stereocenters. The van der Waals surface area contributed by atoms with Crippen LogP contribution >= 0.6 is 12.2 Å². The molecule has 0 saturated carbocycles. The summed E-state index contributed by atoms with van der Waals surface area (Å²) in [6.45, 7) is 2.27. The number of aryl methyl sites for hydroxylation is 1. The van der Waals surface area contributed by atoms with Gasteiger partial charge in [0.1, 0.15) is 5.75 Å². The number of methoxy groups -OCH3 is 1. The first-order chi connectivity index (χ1) is 11.3. The molecule has 2 rings (SSSR count). The molecular weight excluding hydrogens is 337 g/mol. The van der Waals surface area contributed by atoms with E-state index in [2.05, 4.69) is 10.6 Å². The molecule has 0 radical (unpaired) electrons. The number of ether oxygens (including phenoxy) is 1. The van der Waals surface area contributed by atoms with Crippen LogP contribution in [0.3, 0.4) is 0 Å². The third kappa shape index (κ3) is 4.86. The summed E-state index contributed by atoms with van der Waals surface area (Å²) in [6, 6.07) is 10.6. The van der Waals surface area contributed by atoms with Gasteiger partial charge >= 0.3 is 6.18 Å². The van der Waals surface area contributed by atoms with Crippen LogP contribution in [0.4, 0.5) is 18.9 Å². The van der Waals surface area contributed by atoms with E-state index in [0.29, 0.717) is 23.0 Å². The van der Waals surface area contributed by atoms with Gasteiger partial charge in [-0.25, -0.2) is 0 Å². The number of rotatable bonds is 4. The summed E-state index contributed by atoms with van der Waals surface area (Å²) in [4.78, 5) is 0. The smallest absolute Gasteiger partial charge is 0.416 e. The van der Waals surface area contributed by atoms with Gasteiger partial charge in [-0.15, -0.1) is 0 Å². The molecule has 128 valence electrons. The summed E-state index contributed by atoms with van der Waals surface area (Å²) >= 11 is 5.21. The molecule has 2 aromatic carbocycles. The summed E-state index contributed by atoms with van der Waals surface area (Å²) in [5.74, 6) is 0.652. The Morgan fingerprint density at radius 2 is 1.79 bits per heavy atom. The van der Waals surface area contributed by atoms with Gasteiger partial charge in [0.15, 0.2) is 5.11 Å². The Morgan fingerprint density at radius 3 is 2.38 bits per heavy atom. The van der Waals surface area contributed by atoms with E-state index in [0.717, 1.165) is 23.4 Å². The molecular formula is C17H17F3N2OS. The highest BCUT2D eigenvalue weighted by Gasteiger charge is 2.29. The molecule has 2 aromatic rings. The first kappa shape index (κ1) is 18.1. The molecule has 0 amide bonds. The Bertz CT molecular complexity index is 715. The van der Waals surface area contributed by atoms with Crippen LogP contribution in [0.5, 0.6) is 5.75 Å². The van der Waals surface area contributed by atoms with Gasteiger partial charge in [0.25, 0.3) is 0 Å². The van der Waals surface area contributed by atoms with E-state index >= 15 is 0 Å². The maximum absolute atomic E-state index is 12.5. The molecule has 3 nitrogen and oxygen atoms in total. The zero-order chi connectivity index (χ0) is 17.7. The number of hydrogen-bond donors (Lipinski definition) is 2. The lowest BCUT2D eigenvalue weighted by Crippen LogP contribution is -2.28. The average molecular weight is 354 g/mol. The Morgan fingerprint density at radius 1 is 1.12 bits per heavy atom. The van der Waals surface area contributed by atoms with Crippen LogP contribution in [-0.2, 0) is 12.7 Å².